The lowest BCUT2D eigenvalue weighted by Gasteiger charge is -2.24. The SMILES string of the molecule is NC(Cc1c[nH]c2ccccc12)C(=O)NC(Cc1c[nH]c2ccccc12)C(=O)NC(CO)C(=O)NC(Cc1c[nH]c2ccccc12)C(=O)O. The molecule has 0 radical (unpaired) electrons. The Morgan fingerprint density at radius 3 is 1.43 bits per heavy atom. The molecule has 3 aromatic heterocycles. The number of hydrogen-bond donors (Lipinski definition) is 9. The minimum Gasteiger partial charge on any atom is -0.480 e. The molecular weight excluding hydrogens is 626 g/mol. The summed E-state index contributed by atoms with van der Waals surface area (Å²) in [6.45, 7) is -0.815. The van der Waals surface area contributed by atoms with Gasteiger partial charge in [0, 0.05) is 64.1 Å². The van der Waals surface area contributed by atoms with Crippen LogP contribution in [0.1, 0.15) is 16.7 Å². The molecule has 0 fully saturated rings. The van der Waals surface area contributed by atoms with E-state index in [1.165, 1.54) is 0 Å². The predicted molar refractivity (Wildman–Crippen MR) is 184 cm³/mol. The van der Waals surface area contributed by atoms with Crippen molar-refractivity contribution in [3.63, 3.8) is 0 Å². The van der Waals surface area contributed by atoms with Gasteiger partial charge < -0.3 is 46.8 Å². The van der Waals surface area contributed by atoms with Crippen molar-refractivity contribution in [3.8, 4) is 0 Å². The second kappa shape index (κ2) is 14.5. The second-order valence-electron chi connectivity index (χ2n) is 12.0. The number of para-hydroxylation sites is 3. The average Bonchev–Trinajstić information content (AvgIpc) is 3.83. The van der Waals surface area contributed by atoms with Crippen molar-refractivity contribution in [2.45, 2.75) is 43.4 Å². The predicted octanol–water partition coefficient (Wildman–Crippen LogP) is 2.02. The van der Waals surface area contributed by atoms with E-state index in [-0.39, 0.29) is 19.3 Å². The van der Waals surface area contributed by atoms with Crippen molar-refractivity contribution in [2.24, 2.45) is 5.73 Å². The van der Waals surface area contributed by atoms with Gasteiger partial charge in [0.25, 0.3) is 0 Å². The zero-order chi connectivity index (χ0) is 34.5. The van der Waals surface area contributed by atoms with Gasteiger partial charge in [0.05, 0.1) is 12.6 Å². The molecule has 0 saturated heterocycles. The van der Waals surface area contributed by atoms with E-state index in [9.17, 15) is 29.4 Å². The van der Waals surface area contributed by atoms with Crippen LogP contribution in [-0.2, 0) is 38.4 Å². The van der Waals surface area contributed by atoms with Gasteiger partial charge in [0.15, 0.2) is 0 Å². The molecule has 10 N–H and O–H groups in total. The van der Waals surface area contributed by atoms with Gasteiger partial charge in [0.1, 0.15) is 18.1 Å². The van der Waals surface area contributed by atoms with E-state index in [1.807, 2.05) is 72.8 Å². The molecular formula is C36H37N7O6. The van der Waals surface area contributed by atoms with Gasteiger partial charge in [0.2, 0.25) is 17.7 Å². The molecule has 0 saturated carbocycles. The Morgan fingerprint density at radius 1 is 0.571 bits per heavy atom. The van der Waals surface area contributed by atoms with E-state index >= 15 is 0 Å². The van der Waals surface area contributed by atoms with Crippen LogP contribution in [0.4, 0.5) is 0 Å². The van der Waals surface area contributed by atoms with Gasteiger partial charge in [-0.05, 0) is 41.3 Å². The fraction of sp³-hybridized carbons (Fsp3) is 0.222. The average molecular weight is 664 g/mol. The molecule has 13 nitrogen and oxygen atoms in total. The molecule has 3 aromatic carbocycles. The number of benzene rings is 3. The first-order chi connectivity index (χ1) is 23.7. The zero-order valence-corrected chi connectivity index (χ0v) is 26.4. The summed E-state index contributed by atoms with van der Waals surface area (Å²) in [7, 11) is 0. The number of H-pyrrole nitrogens is 3. The number of aliphatic carboxylic acids is 1. The van der Waals surface area contributed by atoms with Crippen molar-refractivity contribution in [1.82, 2.24) is 30.9 Å². The van der Waals surface area contributed by atoms with Crippen LogP contribution in [0.15, 0.2) is 91.4 Å². The van der Waals surface area contributed by atoms with Gasteiger partial charge in [-0.15, -0.1) is 0 Å². The molecule has 49 heavy (non-hydrogen) atoms. The Labute approximate surface area is 280 Å². The molecule has 6 aromatic rings. The van der Waals surface area contributed by atoms with Crippen LogP contribution in [0.3, 0.4) is 0 Å². The number of amides is 3. The first-order valence-corrected chi connectivity index (χ1v) is 15.9. The van der Waals surface area contributed by atoms with Crippen molar-refractivity contribution in [2.75, 3.05) is 6.61 Å². The number of fused-ring (bicyclic) bond motifs is 3. The lowest BCUT2D eigenvalue weighted by Crippen LogP contribution is -2.58. The summed E-state index contributed by atoms with van der Waals surface area (Å²) in [6, 6.07) is 17.4. The highest BCUT2D eigenvalue weighted by atomic mass is 16.4. The number of carbonyl (C=O) groups excluding carboxylic acids is 3. The van der Waals surface area contributed by atoms with Crippen LogP contribution < -0.4 is 21.7 Å². The maximum absolute atomic E-state index is 13.8. The van der Waals surface area contributed by atoms with Crippen molar-refractivity contribution < 1.29 is 29.4 Å². The highest BCUT2D eigenvalue weighted by Crippen LogP contribution is 2.22. The maximum atomic E-state index is 13.8. The molecule has 252 valence electrons. The van der Waals surface area contributed by atoms with E-state index in [0.717, 1.165) is 43.8 Å². The lowest BCUT2D eigenvalue weighted by molar-refractivity contribution is -0.142. The molecule has 4 unspecified atom stereocenters. The summed E-state index contributed by atoms with van der Waals surface area (Å²) in [5, 5.41) is 30.3. The number of carboxylic acids is 1. The largest absolute Gasteiger partial charge is 0.480 e. The molecule has 4 atom stereocenters. The van der Waals surface area contributed by atoms with Gasteiger partial charge in [-0.2, -0.15) is 0 Å². The van der Waals surface area contributed by atoms with E-state index in [0.29, 0.717) is 5.56 Å². The van der Waals surface area contributed by atoms with E-state index in [2.05, 4.69) is 30.9 Å². The normalized spacial score (nSPS) is 13.9. The van der Waals surface area contributed by atoms with Crippen LogP contribution in [0.2, 0.25) is 0 Å². The minimum absolute atomic E-state index is 0.0370. The summed E-state index contributed by atoms with van der Waals surface area (Å²) in [5.41, 5.74) is 11.1. The number of nitrogens with two attached hydrogens (primary N) is 1. The molecule has 0 aliphatic rings. The smallest absolute Gasteiger partial charge is 0.326 e. The van der Waals surface area contributed by atoms with Crippen molar-refractivity contribution >= 4 is 56.4 Å². The summed E-state index contributed by atoms with van der Waals surface area (Å²) in [6.07, 6.45) is 5.41. The number of aromatic nitrogens is 3. The maximum Gasteiger partial charge on any atom is 0.326 e. The number of carboxylic acid groups (broad SMARTS) is 1. The summed E-state index contributed by atoms with van der Waals surface area (Å²) >= 11 is 0. The number of rotatable bonds is 14. The third-order valence-corrected chi connectivity index (χ3v) is 8.71. The van der Waals surface area contributed by atoms with Crippen molar-refractivity contribution in [1.29, 1.82) is 0 Å². The third-order valence-electron chi connectivity index (χ3n) is 8.71. The molecule has 0 bridgehead atoms. The molecule has 13 heteroatoms. The second-order valence-corrected chi connectivity index (χ2v) is 12.0. The quantitative estimate of drug-likeness (QED) is 0.0844. The van der Waals surface area contributed by atoms with Gasteiger partial charge >= 0.3 is 5.97 Å². The standard InChI is InChI=1S/C36H37N7O6/c37-26(13-20-16-38-27-10-4-1-7-23(20)27)33(45)41-30(14-21-17-39-28-11-5-2-8-24(21)28)34(46)43-32(19-44)35(47)42-31(36(48)49)15-22-18-40-29-12-6-3-9-25(22)29/h1-12,16-18,26,30-32,38-40,44H,13-15,19,37H2,(H,41,45)(H,42,47)(H,43,46)(H,48,49). The highest BCUT2D eigenvalue weighted by Gasteiger charge is 2.31. The molecule has 0 aliphatic carbocycles. The Balaban J connectivity index is 1.17. The fourth-order valence-corrected chi connectivity index (χ4v) is 6.10. The van der Waals surface area contributed by atoms with Gasteiger partial charge in [-0.1, -0.05) is 54.6 Å². The Hall–Kier alpha value is -5.92. The number of aromatic amines is 3. The molecule has 3 amide bonds. The fourth-order valence-electron chi connectivity index (χ4n) is 6.10. The van der Waals surface area contributed by atoms with E-state index in [4.69, 9.17) is 5.73 Å². The van der Waals surface area contributed by atoms with Crippen LogP contribution in [0, 0.1) is 0 Å². The molecule has 6 rings (SSSR count). The molecule has 0 aliphatic heterocycles. The summed E-state index contributed by atoms with van der Waals surface area (Å²) in [5.74, 6) is -3.51. The number of carbonyl (C=O) groups is 4. The zero-order valence-electron chi connectivity index (χ0n) is 26.4. The Bertz CT molecular complexity index is 2130. The minimum atomic E-state index is -1.50. The van der Waals surface area contributed by atoms with Crippen molar-refractivity contribution in [3.05, 3.63) is 108 Å². The first-order valence-electron chi connectivity index (χ1n) is 15.9. The lowest BCUT2D eigenvalue weighted by atomic mass is 10.0. The number of aliphatic hydroxyl groups is 1. The van der Waals surface area contributed by atoms with Gasteiger partial charge in [-0.3, -0.25) is 14.4 Å². The van der Waals surface area contributed by atoms with Crippen LogP contribution in [0.5, 0.6) is 0 Å². The number of nitrogens with one attached hydrogen (secondary N) is 6. The Morgan fingerprint density at radius 2 is 0.959 bits per heavy atom. The van der Waals surface area contributed by atoms with Crippen LogP contribution in [0.25, 0.3) is 32.7 Å². The summed E-state index contributed by atoms with van der Waals surface area (Å²) in [4.78, 5) is 62.0. The first kappa shape index (κ1) is 33.0. The number of aliphatic hydroxyl groups excluding tert-OH is 1. The number of hydrogen-bond acceptors (Lipinski definition) is 6. The topological polar surface area (TPSA) is 218 Å². The third kappa shape index (κ3) is 7.32. The van der Waals surface area contributed by atoms with Gasteiger partial charge in [-0.25, -0.2) is 4.79 Å². The molecule has 0 spiro atoms. The van der Waals surface area contributed by atoms with Crippen LogP contribution in [-0.4, -0.2) is 79.6 Å². The van der Waals surface area contributed by atoms with Crippen LogP contribution >= 0.6 is 0 Å². The van der Waals surface area contributed by atoms with E-state index in [1.54, 1.807) is 18.6 Å². The summed E-state index contributed by atoms with van der Waals surface area (Å²) < 4.78 is 0. The monoisotopic (exact) mass is 663 g/mol. The van der Waals surface area contributed by atoms with E-state index < -0.39 is 54.5 Å². The Kier molecular flexibility index (Phi) is 9.74. The highest BCUT2D eigenvalue weighted by molar-refractivity contribution is 5.95. The molecule has 3 heterocycles.